The average molecular weight is 247 g/mol. The van der Waals surface area contributed by atoms with Crippen molar-refractivity contribution in [3.8, 4) is 0 Å². The molecule has 0 spiro atoms. The Morgan fingerprint density at radius 2 is 2.50 bits per heavy atom. The highest BCUT2D eigenvalue weighted by Gasteiger charge is 2.34. The van der Waals surface area contributed by atoms with E-state index in [4.69, 9.17) is 10.5 Å². The molecule has 3 heterocycles. The van der Waals surface area contributed by atoms with E-state index in [2.05, 4.69) is 16.0 Å². The summed E-state index contributed by atoms with van der Waals surface area (Å²) in [5.74, 6) is 0. The first-order chi connectivity index (χ1) is 8.83. The van der Waals surface area contributed by atoms with Gasteiger partial charge in [-0.25, -0.2) is 0 Å². The summed E-state index contributed by atoms with van der Waals surface area (Å²) in [6, 6.07) is 4.75. The molecule has 2 aliphatic heterocycles. The van der Waals surface area contributed by atoms with Gasteiger partial charge in [0.1, 0.15) is 0 Å². The van der Waals surface area contributed by atoms with Gasteiger partial charge in [0.2, 0.25) is 0 Å². The molecule has 1 aromatic rings. The van der Waals surface area contributed by atoms with Crippen LogP contribution in [0.3, 0.4) is 0 Å². The summed E-state index contributed by atoms with van der Waals surface area (Å²) in [6.45, 7) is 3.06. The Balaban J connectivity index is 1.58. The predicted molar refractivity (Wildman–Crippen MR) is 70.3 cm³/mol. The smallest absolute Gasteiger partial charge is 0.0856 e. The highest BCUT2D eigenvalue weighted by molar-refractivity contribution is 5.11. The van der Waals surface area contributed by atoms with Crippen molar-refractivity contribution in [3.05, 3.63) is 30.1 Å². The van der Waals surface area contributed by atoms with Crippen LogP contribution in [-0.4, -0.2) is 47.8 Å². The standard InChI is InChI=1S/C14H21N3O/c15-13(7-11-3-1-5-16-8-11)14-9-17-6-2-4-12(17)10-18-14/h1,3,5,8,12-14H,2,4,6-7,9-10,15H2. The van der Waals surface area contributed by atoms with Crippen LogP contribution in [0.1, 0.15) is 18.4 Å². The maximum absolute atomic E-state index is 6.28. The number of hydrogen-bond donors (Lipinski definition) is 1. The van der Waals surface area contributed by atoms with Crippen LogP contribution in [0, 0.1) is 0 Å². The van der Waals surface area contributed by atoms with Gasteiger partial charge in [-0.1, -0.05) is 6.07 Å². The molecule has 4 nitrogen and oxygen atoms in total. The Morgan fingerprint density at radius 3 is 3.33 bits per heavy atom. The number of morpholine rings is 1. The van der Waals surface area contributed by atoms with E-state index in [1.807, 2.05) is 12.3 Å². The molecule has 98 valence electrons. The van der Waals surface area contributed by atoms with Crippen molar-refractivity contribution in [1.29, 1.82) is 0 Å². The van der Waals surface area contributed by atoms with Crippen molar-refractivity contribution in [2.24, 2.45) is 5.73 Å². The second kappa shape index (κ2) is 5.34. The molecular formula is C14H21N3O. The topological polar surface area (TPSA) is 51.4 Å². The van der Waals surface area contributed by atoms with E-state index in [9.17, 15) is 0 Å². The van der Waals surface area contributed by atoms with E-state index in [1.54, 1.807) is 6.20 Å². The number of aromatic nitrogens is 1. The van der Waals surface area contributed by atoms with Crippen LogP contribution in [0.25, 0.3) is 0 Å². The molecule has 0 aromatic carbocycles. The van der Waals surface area contributed by atoms with Gasteiger partial charge in [-0.2, -0.15) is 0 Å². The molecule has 0 amide bonds. The number of rotatable bonds is 3. The van der Waals surface area contributed by atoms with Crippen LogP contribution in [-0.2, 0) is 11.2 Å². The summed E-state index contributed by atoms with van der Waals surface area (Å²) in [5.41, 5.74) is 7.48. The summed E-state index contributed by atoms with van der Waals surface area (Å²) in [4.78, 5) is 6.67. The zero-order valence-electron chi connectivity index (χ0n) is 10.7. The Bertz CT molecular complexity index is 384. The van der Waals surface area contributed by atoms with Gasteiger partial charge in [0.05, 0.1) is 12.7 Å². The lowest BCUT2D eigenvalue weighted by molar-refractivity contribution is -0.0589. The Kier molecular flexibility index (Phi) is 3.59. The first-order valence-corrected chi connectivity index (χ1v) is 6.83. The highest BCUT2D eigenvalue weighted by atomic mass is 16.5. The molecule has 1 aromatic heterocycles. The van der Waals surface area contributed by atoms with Gasteiger partial charge in [0.25, 0.3) is 0 Å². The maximum atomic E-state index is 6.28. The molecule has 18 heavy (non-hydrogen) atoms. The normalized spacial score (nSPS) is 30.1. The van der Waals surface area contributed by atoms with Crippen molar-refractivity contribution < 1.29 is 4.74 Å². The average Bonchev–Trinajstić information content (AvgIpc) is 2.87. The molecule has 2 aliphatic rings. The first kappa shape index (κ1) is 12.1. The molecule has 2 fully saturated rings. The monoisotopic (exact) mass is 247 g/mol. The third kappa shape index (κ3) is 2.55. The fourth-order valence-electron chi connectivity index (χ4n) is 3.02. The molecule has 2 saturated heterocycles. The molecule has 0 bridgehead atoms. The minimum atomic E-state index is 0.0655. The second-order valence-corrected chi connectivity index (χ2v) is 5.39. The molecule has 3 atom stereocenters. The molecule has 3 rings (SSSR count). The zero-order chi connectivity index (χ0) is 12.4. The molecule has 0 radical (unpaired) electrons. The predicted octanol–water partition coefficient (Wildman–Crippen LogP) is 0.815. The summed E-state index contributed by atoms with van der Waals surface area (Å²) in [7, 11) is 0. The zero-order valence-corrected chi connectivity index (χ0v) is 10.7. The SMILES string of the molecule is NC(Cc1cccnc1)C1CN2CCCC2CO1. The van der Waals surface area contributed by atoms with E-state index in [1.165, 1.54) is 24.9 Å². The van der Waals surface area contributed by atoms with Gasteiger partial charge in [-0.3, -0.25) is 9.88 Å². The lowest BCUT2D eigenvalue weighted by Gasteiger charge is -2.37. The number of pyridine rings is 1. The Labute approximate surface area is 108 Å². The van der Waals surface area contributed by atoms with E-state index in [0.717, 1.165) is 19.6 Å². The minimum absolute atomic E-state index is 0.0655. The second-order valence-electron chi connectivity index (χ2n) is 5.39. The third-order valence-electron chi connectivity index (χ3n) is 4.09. The molecular weight excluding hydrogens is 226 g/mol. The maximum Gasteiger partial charge on any atom is 0.0856 e. The highest BCUT2D eigenvalue weighted by Crippen LogP contribution is 2.24. The largest absolute Gasteiger partial charge is 0.374 e. The number of fused-ring (bicyclic) bond motifs is 1. The molecule has 0 aliphatic carbocycles. The van der Waals surface area contributed by atoms with Crippen LogP contribution in [0.2, 0.25) is 0 Å². The Hall–Kier alpha value is -0.970. The summed E-state index contributed by atoms with van der Waals surface area (Å²) < 4.78 is 5.94. The van der Waals surface area contributed by atoms with Gasteiger partial charge >= 0.3 is 0 Å². The summed E-state index contributed by atoms with van der Waals surface area (Å²) in [5, 5.41) is 0. The van der Waals surface area contributed by atoms with Gasteiger partial charge in [0.15, 0.2) is 0 Å². The van der Waals surface area contributed by atoms with Crippen molar-refractivity contribution >= 4 is 0 Å². The molecule has 3 unspecified atom stereocenters. The first-order valence-electron chi connectivity index (χ1n) is 6.83. The van der Waals surface area contributed by atoms with Crippen LogP contribution in [0.4, 0.5) is 0 Å². The summed E-state index contributed by atoms with van der Waals surface area (Å²) in [6.07, 6.45) is 7.28. The number of nitrogens with two attached hydrogens (primary N) is 1. The van der Waals surface area contributed by atoms with E-state index < -0.39 is 0 Å². The van der Waals surface area contributed by atoms with Gasteiger partial charge < -0.3 is 10.5 Å². The molecule has 2 N–H and O–H groups in total. The van der Waals surface area contributed by atoms with Crippen molar-refractivity contribution in [2.75, 3.05) is 19.7 Å². The third-order valence-corrected chi connectivity index (χ3v) is 4.09. The van der Waals surface area contributed by atoms with Crippen LogP contribution < -0.4 is 5.73 Å². The Morgan fingerprint density at radius 1 is 1.56 bits per heavy atom. The fraction of sp³-hybridized carbons (Fsp3) is 0.643. The minimum Gasteiger partial charge on any atom is -0.374 e. The van der Waals surface area contributed by atoms with E-state index >= 15 is 0 Å². The quantitative estimate of drug-likeness (QED) is 0.859. The van der Waals surface area contributed by atoms with Crippen LogP contribution in [0.15, 0.2) is 24.5 Å². The van der Waals surface area contributed by atoms with Crippen LogP contribution in [0.5, 0.6) is 0 Å². The lowest BCUT2D eigenvalue weighted by Crippen LogP contribution is -2.53. The van der Waals surface area contributed by atoms with Gasteiger partial charge in [-0.15, -0.1) is 0 Å². The number of ether oxygens (including phenoxy) is 1. The van der Waals surface area contributed by atoms with Crippen LogP contribution >= 0.6 is 0 Å². The van der Waals surface area contributed by atoms with E-state index in [-0.39, 0.29) is 12.1 Å². The van der Waals surface area contributed by atoms with Gasteiger partial charge in [-0.05, 0) is 37.4 Å². The molecule has 4 heteroatoms. The number of nitrogens with zero attached hydrogens (tertiary/aromatic N) is 2. The number of hydrogen-bond acceptors (Lipinski definition) is 4. The van der Waals surface area contributed by atoms with E-state index in [0.29, 0.717) is 6.04 Å². The van der Waals surface area contributed by atoms with Gasteiger partial charge in [0, 0.05) is 31.0 Å². The fourth-order valence-corrected chi connectivity index (χ4v) is 3.02. The summed E-state index contributed by atoms with van der Waals surface area (Å²) >= 11 is 0. The van der Waals surface area contributed by atoms with Crippen molar-refractivity contribution in [3.63, 3.8) is 0 Å². The lowest BCUT2D eigenvalue weighted by atomic mass is 10.0. The van der Waals surface area contributed by atoms with Crippen molar-refractivity contribution in [1.82, 2.24) is 9.88 Å². The molecule has 0 saturated carbocycles. The van der Waals surface area contributed by atoms with Crippen molar-refractivity contribution in [2.45, 2.75) is 37.5 Å².